The van der Waals surface area contributed by atoms with E-state index in [2.05, 4.69) is 10.4 Å². The van der Waals surface area contributed by atoms with Gasteiger partial charge in [-0.05, 0) is 35.2 Å². The number of nitrogens with zero attached hydrogens (tertiary/aromatic N) is 3. The standard InChI is InChI=1S/C26H28N4O3/c1-29-18-19(17-27-29)13-14-24(31)30-15-7-12-23(30)26(32)28-25(20-8-4-3-5-9-20)21-10-6-11-22(16-21)33-2/h3-12,16-18,23,25H,13-15H2,1-2H3,(H,28,32)/t23-,25?/m1/s1. The molecule has 0 bridgehead atoms. The van der Waals surface area contributed by atoms with Gasteiger partial charge in [0.15, 0.2) is 0 Å². The maximum Gasteiger partial charge on any atom is 0.247 e. The minimum absolute atomic E-state index is 0.0540. The van der Waals surface area contributed by atoms with Crippen molar-refractivity contribution in [2.45, 2.75) is 24.9 Å². The summed E-state index contributed by atoms with van der Waals surface area (Å²) in [6.07, 6.45) is 8.25. The van der Waals surface area contributed by atoms with Gasteiger partial charge in [-0.1, -0.05) is 54.6 Å². The van der Waals surface area contributed by atoms with Crippen molar-refractivity contribution in [3.8, 4) is 5.75 Å². The minimum Gasteiger partial charge on any atom is -0.497 e. The Morgan fingerprint density at radius 3 is 2.67 bits per heavy atom. The van der Waals surface area contributed by atoms with E-state index in [0.717, 1.165) is 22.4 Å². The summed E-state index contributed by atoms with van der Waals surface area (Å²) in [6, 6.07) is 16.4. The van der Waals surface area contributed by atoms with Gasteiger partial charge in [0.2, 0.25) is 11.8 Å². The molecule has 0 saturated carbocycles. The fraction of sp³-hybridized carbons (Fsp3) is 0.269. The van der Waals surface area contributed by atoms with Crippen LogP contribution in [0.15, 0.2) is 79.1 Å². The van der Waals surface area contributed by atoms with E-state index in [1.807, 2.05) is 73.9 Å². The van der Waals surface area contributed by atoms with Crippen LogP contribution >= 0.6 is 0 Å². The van der Waals surface area contributed by atoms with Gasteiger partial charge in [0.1, 0.15) is 11.8 Å². The maximum atomic E-state index is 13.3. The van der Waals surface area contributed by atoms with Gasteiger partial charge in [0.05, 0.1) is 19.3 Å². The summed E-state index contributed by atoms with van der Waals surface area (Å²) in [5.74, 6) is 0.451. The van der Waals surface area contributed by atoms with E-state index in [1.165, 1.54) is 0 Å². The molecule has 2 atom stereocenters. The van der Waals surface area contributed by atoms with E-state index in [1.54, 1.807) is 29.0 Å². The molecule has 3 aromatic rings. The Hall–Kier alpha value is -3.87. The second-order valence-corrected chi connectivity index (χ2v) is 8.07. The Bertz CT molecular complexity index is 1140. The maximum absolute atomic E-state index is 13.3. The monoisotopic (exact) mass is 444 g/mol. The highest BCUT2D eigenvalue weighted by molar-refractivity contribution is 5.90. The molecule has 1 aliphatic rings. The molecule has 7 nitrogen and oxygen atoms in total. The molecule has 2 heterocycles. The third kappa shape index (κ3) is 5.31. The van der Waals surface area contributed by atoms with Crippen molar-refractivity contribution in [2.75, 3.05) is 13.7 Å². The van der Waals surface area contributed by atoms with Crippen molar-refractivity contribution in [1.82, 2.24) is 20.0 Å². The molecule has 7 heteroatoms. The Balaban J connectivity index is 1.49. The number of nitrogens with one attached hydrogen (secondary N) is 1. The summed E-state index contributed by atoms with van der Waals surface area (Å²) < 4.78 is 7.09. The summed E-state index contributed by atoms with van der Waals surface area (Å²) in [5, 5.41) is 7.30. The Labute approximate surface area is 193 Å². The average molecular weight is 445 g/mol. The molecular formula is C26H28N4O3. The highest BCUT2D eigenvalue weighted by Gasteiger charge is 2.32. The summed E-state index contributed by atoms with van der Waals surface area (Å²) in [4.78, 5) is 27.9. The number of amides is 2. The van der Waals surface area contributed by atoms with Crippen LogP contribution in [-0.2, 0) is 23.1 Å². The van der Waals surface area contributed by atoms with E-state index in [-0.39, 0.29) is 17.9 Å². The number of aryl methyl sites for hydroxylation is 2. The number of ether oxygens (including phenoxy) is 1. The molecule has 1 aliphatic heterocycles. The number of hydrogen-bond donors (Lipinski definition) is 1. The fourth-order valence-corrected chi connectivity index (χ4v) is 4.06. The molecule has 4 rings (SSSR count). The zero-order valence-electron chi connectivity index (χ0n) is 18.8. The minimum atomic E-state index is -0.636. The van der Waals surface area contributed by atoms with E-state index in [4.69, 9.17) is 4.74 Å². The van der Waals surface area contributed by atoms with Gasteiger partial charge in [-0.15, -0.1) is 0 Å². The fourth-order valence-electron chi connectivity index (χ4n) is 4.06. The molecule has 0 spiro atoms. The lowest BCUT2D eigenvalue weighted by Crippen LogP contribution is -2.47. The Morgan fingerprint density at radius 1 is 1.15 bits per heavy atom. The highest BCUT2D eigenvalue weighted by Crippen LogP contribution is 2.26. The molecule has 1 unspecified atom stereocenters. The van der Waals surface area contributed by atoms with Crippen LogP contribution in [0.3, 0.4) is 0 Å². The van der Waals surface area contributed by atoms with Crippen molar-refractivity contribution < 1.29 is 14.3 Å². The largest absolute Gasteiger partial charge is 0.497 e. The van der Waals surface area contributed by atoms with Gasteiger partial charge in [0, 0.05) is 26.2 Å². The van der Waals surface area contributed by atoms with Gasteiger partial charge in [-0.3, -0.25) is 14.3 Å². The lowest BCUT2D eigenvalue weighted by atomic mass is 9.98. The molecule has 2 aromatic carbocycles. The smallest absolute Gasteiger partial charge is 0.247 e. The van der Waals surface area contributed by atoms with E-state index in [9.17, 15) is 9.59 Å². The predicted octanol–water partition coefficient (Wildman–Crippen LogP) is 3.03. The van der Waals surface area contributed by atoms with Gasteiger partial charge in [-0.2, -0.15) is 5.10 Å². The molecule has 170 valence electrons. The SMILES string of the molecule is COc1cccc(C(NC(=O)[C@H]2C=CCN2C(=O)CCc2cnn(C)c2)c2ccccc2)c1. The third-order valence-corrected chi connectivity index (χ3v) is 5.78. The first-order chi connectivity index (χ1) is 16.0. The van der Waals surface area contributed by atoms with Crippen molar-refractivity contribution in [3.63, 3.8) is 0 Å². The molecular weight excluding hydrogens is 416 g/mol. The van der Waals surface area contributed by atoms with E-state index in [0.29, 0.717) is 19.4 Å². The Morgan fingerprint density at radius 2 is 1.94 bits per heavy atom. The van der Waals surface area contributed by atoms with Crippen LogP contribution in [-0.4, -0.2) is 46.2 Å². The number of carbonyl (C=O) groups excluding carboxylic acids is 2. The van der Waals surface area contributed by atoms with Gasteiger partial charge in [0.25, 0.3) is 0 Å². The molecule has 0 saturated heterocycles. The number of benzene rings is 2. The summed E-state index contributed by atoms with van der Waals surface area (Å²) in [7, 11) is 3.47. The molecule has 0 aliphatic carbocycles. The van der Waals surface area contributed by atoms with Crippen LogP contribution in [0.4, 0.5) is 0 Å². The molecule has 1 N–H and O–H groups in total. The highest BCUT2D eigenvalue weighted by atomic mass is 16.5. The second-order valence-electron chi connectivity index (χ2n) is 8.07. The predicted molar refractivity (Wildman–Crippen MR) is 126 cm³/mol. The molecule has 0 fully saturated rings. The third-order valence-electron chi connectivity index (χ3n) is 5.78. The molecule has 2 amide bonds. The number of carbonyl (C=O) groups is 2. The van der Waals surface area contributed by atoms with Crippen LogP contribution in [0.25, 0.3) is 0 Å². The number of methoxy groups -OCH3 is 1. The van der Waals surface area contributed by atoms with Crippen molar-refractivity contribution in [3.05, 3.63) is 95.8 Å². The van der Waals surface area contributed by atoms with Crippen molar-refractivity contribution >= 4 is 11.8 Å². The van der Waals surface area contributed by atoms with Gasteiger partial charge < -0.3 is 15.0 Å². The van der Waals surface area contributed by atoms with Crippen LogP contribution < -0.4 is 10.1 Å². The first-order valence-electron chi connectivity index (χ1n) is 11.0. The zero-order valence-corrected chi connectivity index (χ0v) is 18.8. The quantitative estimate of drug-likeness (QED) is 0.542. The van der Waals surface area contributed by atoms with E-state index < -0.39 is 6.04 Å². The number of hydrogen-bond acceptors (Lipinski definition) is 4. The molecule has 1 aromatic heterocycles. The topological polar surface area (TPSA) is 76.5 Å². The molecule has 0 radical (unpaired) electrons. The Kier molecular flexibility index (Phi) is 6.88. The summed E-state index contributed by atoms with van der Waals surface area (Å²) in [5.41, 5.74) is 2.86. The summed E-state index contributed by atoms with van der Waals surface area (Å²) >= 11 is 0. The van der Waals surface area contributed by atoms with Gasteiger partial charge in [-0.25, -0.2) is 0 Å². The first-order valence-corrected chi connectivity index (χ1v) is 11.0. The second kappa shape index (κ2) is 10.2. The van der Waals surface area contributed by atoms with Gasteiger partial charge >= 0.3 is 0 Å². The average Bonchev–Trinajstić information content (AvgIpc) is 3.50. The lowest BCUT2D eigenvalue weighted by molar-refractivity contribution is -0.137. The number of rotatable bonds is 8. The van der Waals surface area contributed by atoms with Crippen LogP contribution in [0.2, 0.25) is 0 Å². The van der Waals surface area contributed by atoms with Crippen LogP contribution in [0.1, 0.15) is 29.2 Å². The zero-order chi connectivity index (χ0) is 23.2. The normalized spacial score (nSPS) is 15.9. The first kappa shape index (κ1) is 22.3. The molecule has 33 heavy (non-hydrogen) atoms. The van der Waals surface area contributed by atoms with Crippen LogP contribution in [0.5, 0.6) is 5.75 Å². The number of aromatic nitrogens is 2. The lowest BCUT2D eigenvalue weighted by Gasteiger charge is -2.27. The van der Waals surface area contributed by atoms with Crippen molar-refractivity contribution in [2.24, 2.45) is 7.05 Å². The van der Waals surface area contributed by atoms with Crippen molar-refractivity contribution in [1.29, 1.82) is 0 Å². The van der Waals surface area contributed by atoms with Crippen LogP contribution in [0, 0.1) is 0 Å². The summed E-state index contributed by atoms with van der Waals surface area (Å²) in [6.45, 7) is 0.430. The van der Waals surface area contributed by atoms with E-state index >= 15 is 0 Å².